The SMILES string of the molecule is CN(C)c1ccc(C=Nc2ccc3c(c2)OCCO3)cc1. The summed E-state index contributed by atoms with van der Waals surface area (Å²) in [4.78, 5) is 6.56. The number of benzene rings is 2. The topological polar surface area (TPSA) is 34.1 Å². The summed E-state index contributed by atoms with van der Waals surface area (Å²) >= 11 is 0. The van der Waals surface area contributed by atoms with Crippen molar-refractivity contribution in [2.75, 3.05) is 32.2 Å². The van der Waals surface area contributed by atoms with Gasteiger partial charge in [0.25, 0.3) is 0 Å². The molecule has 0 radical (unpaired) electrons. The highest BCUT2D eigenvalue weighted by atomic mass is 16.6. The standard InChI is InChI=1S/C17H18N2O2/c1-19(2)15-6-3-13(4-7-15)12-18-14-5-8-16-17(11-14)21-10-9-20-16/h3-8,11-12H,9-10H2,1-2H3. The van der Waals surface area contributed by atoms with Gasteiger partial charge in [0.2, 0.25) is 0 Å². The van der Waals surface area contributed by atoms with Crippen molar-refractivity contribution in [2.45, 2.75) is 0 Å². The average Bonchev–Trinajstić information content (AvgIpc) is 2.53. The minimum Gasteiger partial charge on any atom is -0.486 e. The van der Waals surface area contributed by atoms with E-state index in [2.05, 4.69) is 34.2 Å². The molecular weight excluding hydrogens is 264 g/mol. The highest BCUT2D eigenvalue weighted by molar-refractivity contribution is 5.82. The molecule has 1 heterocycles. The third kappa shape index (κ3) is 3.16. The van der Waals surface area contributed by atoms with E-state index in [1.165, 1.54) is 5.69 Å². The molecule has 21 heavy (non-hydrogen) atoms. The summed E-state index contributed by atoms with van der Waals surface area (Å²) in [5, 5.41) is 0. The van der Waals surface area contributed by atoms with Crippen LogP contribution in [0.15, 0.2) is 47.5 Å². The molecule has 4 nitrogen and oxygen atoms in total. The van der Waals surface area contributed by atoms with Crippen molar-refractivity contribution in [1.82, 2.24) is 0 Å². The van der Waals surface area contributed by atoms with Gasteiger partial charge in [-0.25, -0.2) is 0 Å². The molecule has 0 unspecified atom stereocenters. The predicted molar refractivity (Wildman–Crippen MR) is 85.5 cm³/mol. The first-order valence-corrected chi connectivity index (χ1v) is 6.93. The van der Waals surface area contributed by atoms with E-state index < -0.39 is 0 Å². The van der Waals surface area contributed by atoms with Crippen LogP contribution in [-0.4, -0.2) is 33.5 Å². The molecule has 0 fully saturated rings. The van der Waals surface area contributed by atoms with E-state index in [4.69, 9.17) is 9.47 Å². The Morgan fingerprint density at radius 1 is 0.952 bits per heavy atom. The van der Waals surface area contributed by atoms with Gasteiger partial charge in [0.05, 0.1) is 5.69 Å². The number of aliphatic imine (C=N–C) groups is 1. The van der Waals surface area contributed by atoms with Crippen LogP contribution >= 0.6 is 0 Å². The van der Waals surface area contributed by atoms with E-state index in [0.717, 1.165) is 22.7 Å². The van der Waals surface area contributed by atoms with Crippen molar-refractivity contribution in [3.63, 3.8) is 0 Å². The first kappa shape index (κ1) is 13.5. The Hall–Kier alpha value is -2.49. The number of ether oxygens (including phenoxy) is 2. The molecule has 0 bridgehead atoms. The van der Waals surface area contributed by atoms with Crippen molar-refractivity contribution in [1.29, 1.82) is 0 Å². The van der Waals surface area contributed by atoms with E-state index >= 15 is 0 Å². The molecule has 0 saturated heterocycles. The second-order valence-corrected chi connectivity index (χ2v) is 5.07. The van der Waals surface area contributed by atoms with Crippen LogP contribution in [0.3, 0.4) is 0 Å². The van der Waals surface area contributed by atoms with E-state index in [9.17, 15) is 0 Å². The summed E-state index contributed by atoms with van der Waals surface area (Å²) in [7, 11) is 4.05. The Kier molecular flexibility index (Phi) is 3.77. The van der Waals surface area contributed by atoms with Gasteiger partial charge >= 0.3 is 0 Å². The second-order valence-electron chi connectivity index (χ2n) is 5.07. The van der Waals surface area contributed by atoms with Crippen molar-refractivity contribution in [2.24, 2.45) is 4.99 Å². The first-order valence-electron chi connectivity index (χ1n) is 6.93. The molecule has 0 aromatic heterocycles. The molecule has 0 atom stereocenters. The van der Waals surface area contributed by atoms with Crippen molar-refractivity contribution in [3.05, 3.63) is 48.0 Å². The fraction of sp³-hybridized carbons (Fsp3) is 0.235. The minimum atomic E-state index is 0.589. The van der Waals surface area contributed by atoms with E-state index in [0.29, 0.717) is 13.2 Å². The lowest BCUT2D eigenvalue weighted by Crippen LogP contribution is -2.14. The highest BCUT2D eigenvalue weighted by Gasteiger charge is 2.10. The lowest BCUT2D eigenvalue weighted by molar-refractivity contribution is 0.171. The number of anilines is 1. The van der Waals surface area contributed by atoms with Gasteiger partial charge in [0, 0.05) is 32.1 Å². The van der Waals surface area contributed by atoms with Crippen LogP contribution in [0.25, 0.3) is 0 Å². The minimum absolute atomic E-state index is 0.589. The van der Waals surface area contributed by atoms with Gasteiger partial charge in [-0.15, -0.1) is 0 Å². The first-order chi connectivity index (χ1) is 10.2. The zero-order valence-corrected chi connectivity index (χ0v) is 12.2. The van der Waals surface area contributed by atoms with E-state index in [-0.39, 0.29) is 0 Å². The number of hydrogen-bond acceptors (Lipinski definition) is 4. The van der Waals surface area contributed by atoms with Gasteiger partial charge in [0.15, 0.2) is 11.5 Å². The van der Waals surface area contributed by atoms with Crippen molar-refractivity contribution < 1.29 is 9.47 Å². The van der Waals surface area contributed by atoms with Gasteiger partial charge in [-0.3, -0.25) is 4.99 Å². The molecule has 2 aromatic carbocycles. The molecule has 108 valence electrons. The van der Waals surface area contributed by atoms with Gasteiger partial charge < -0.3 is 14.4 Å². The molecule has 2 aromatic rings. The summed E-state index contributed by atoms with van der Waals surface area (Å²) in [6.45, 7) is 1.19. The van der Waals surface area contributed by atoms with Crippen LogP contribution < -0.4 is 14.4 Å². The van der Waals surface area contributed by atoms with Crippen LogP contribution in [-0.2, 0) is 0 Å². The van der Waals surface area contributed by atoms with Gasteiger partial charge in [-0.2, -0.15) is 0 Å². The summed E-state index contributed by atoms with van der Waals surface area (Å²) in [6, 6.07) is 14.0. The Bertz CT molecular complexity index is 648. The number of hydrogen-bond donors (Lipinski definition) is 0. The third-order valence-corrected chi connectivity index (χ3v) is 3.30. The lowest BCUT2D eigenvalue weighted by Gasteiger charge is -2.18. The molecule has 1 aliphatic heterocycles. The number of rotatable bonds is 3. The molecule has 0 spiro atoms. The van der Waals surface area contributed by atoms with Crippen LogP contribution in [0.4, 0.5) is 11.4 Å². The molecule has 0 N–H and O–H groups in total. The molecule has 0 amide bonds. The molecule has 0 saturated carbocycles. The van der Waals surface area contributed by atoms with Crippen molar-refractivity contribution >= 4 is 17.6 Å². The maximum atomic E-state index is 5.55. The number of fused-ring (bicyclic) bond motifs is 1. The van der Waals surface area contributed by atoms with Crippen LogP contribution in [0.1, 0.15) is 5.56 Å². The molecule has 1 aliphatic rings. The second kappa shape index (κ2) is 5.87. The summed E-state index contributed by atoms with van der Waals surface area (Å²) in [6.07, 6.45) is 1.85. The van der Waals surface area contributed by atoms with Gasteiger partial charge in [0.1, 0.15) is 13.2 Å². The Morgan fingerprint density at radius 2 is 1.67 bits per heavy atom. The van der Waals surface area contributed by atoms with Gasteiger partial charge in [-0.1, -0.05) is 12.1 Å². The molecule has 3 rings (SSSR count). The Labute approximate surface area is 124 Å². The average molecular weight is 282 g/mol. The fourth-order valence-corrected chi connectivity index (χ4v) is 2.12. The largest absolute Gasteiger partial charge is 0.486 e. The van der Waals surface area contributed by atoms with Crippen LogP contribution in [0.5, 0.6) is 11.5 Å². The lowest BCUT2D eigenvalue weighted by atomic mass is 10.2. The highest BCUT2D eigenvalue weighted by Crippen LogP contribution is 2.33. The predicted octanol–water partition coefficient (Wildman–Crippen LogP) is 3.27. The summed E-state index contributed by atoms with van der Waals surface area (Å²) in [5.74, 6) is 1.55. The molecule has 0 aliphatic carbocycles. The monoisotopic (exact) mass is 282 g/mol. The maximum Gasteiger partial charge on any atom is 0.163 e. The summed E-state index contributed by atoms with van der Waals surface area (Å²) < 4.78 is 11.0. The normalized spacial score (nSPS) is 13.4. The maximum absolute atomic E-state index is 5.55. The Morgan fingerprint density at radius 3 is 2.38 bits per heavy atom. The summed E-state index contributed by atoms with van der Waals surface area (Å²) in [5.41, 5.74) is 3.10. The van der Waals surface area contributed by atoms with E-state index in [1.807, 2.05) is 38.5 Å². The molecule has 4 heteroatoms. The van der Waals surface area contributed by atoms with Crippen LogP contribution in [0, 0.1) is 0 Å². The number of nitrogens with zero attached hydrogens (tertiary/aromatic N) is 2. The molecular formula is C17H18N2O2. The van der Waals surface area contributed by atoms with Gasteiger partial charge in [-0.05, 0) is 29.8 Å². The van der Waals surface area contributed by atoms with Crippen LogP contribution in [0.2, 0.25) is 0 Å². The zero-order valence-electron chi connectivity index (χ0n) is 12.2. The third-order valence-electron chi connectivity index (χ3n) is 3.30. The Balaban J connectivity index is 1.76. The van der Waals surface area contributed by atoms with E-state index in [1.54, 1.807) is 0 Å². The van der Waals surface area contributed by atoms with Crippen molar-refractivity contribution in [3.8, 4) is 11.5 Å². The quantitative estimate of drug-likeness (QED) is 0.810. The fourth-order valence-electron chi connectivity index (χ4n) is 2.12. The zero-order chi connectivity index (χ0) is 14.7. The smallest absolute Gasteiger partial charge is 0.163 e.